The molecule has 200 valence electrons. The van der Waals surface area contributed by atoms with E-state index in [9.17, 15) is 18.6 Å². The monoisotopic (exact) mass is 608 g/mol. The molecular weight excluding hydrogens is 576 g/mol. The lowest BCUT2D eigenvalue weighted by molar-refractivity contribution is -0.117. The molecule has 2 saturated heterocycles. The second-order valence-electron chi connectivity index (χ2n) is 9.59. The van der Waals surface area contributed by atoms with Crippen LogP contribution in [0, 0.1) is 6.92 Å². The number of halogens is 1. The van der Waals surface area contributed by atoms with Gasteiger partial charge in [-0.15, -0.1) is 11.3 Å². The van der Waals surface area contributed by atoms with Crippen molar-refractivity contribution >= 4 is 61.7 Å². The lowest BCUT2D eigenvalue weighted by Crippen LogP contribution is -2.48. The zero-order chi connectivity index (χ0) is 26.5. The quantitative estimate of drug-likeness (QED) is 0.449. The molecule has 1 aromatic heterocycles. The molecule has 2 N–H and O–H groups in total. The number of unbranched alkanes of at least 4 members (excludes halogenated alkanes) is 1. The molecule has 3 heterocycles. The second kappa shape index (κ2) is 12.6. The van der Waals surface area contributed by atoms with Crippen LogP contribution in [0.15, 0.2) is 34.1 Å². The Hall–Kier alpha value is -2.08. The Labute approximate surface area is 232 Å². The highest BCUT2D eigenvalue weighted by molar-refractivity contribution is 9.11. The van der Waals surface area contributed by atoms with Crippen LogP contribution >= 0.6 is 27.3 Å². The largest absolute Gasteiger partial charge is 0.346 e. The molecule has 0 bridgehead atoms. The maximum atomic E-state index is 13.3. The molecule has 3 atom stereocenters. The average Bonchev–Trinajstić information content (AvgIpc) is 3.47. The molecule has 2 aliphatic heterocycles. The van der Waals surface area contributed by atoms with Crippen molar-refractivity contribution in [2.45, 2.75) is 58.0 Å². The summed E-state index contributed by atoms with van der Waals surface area (Å²) in [7, 11) is -1.07. The first-order valence-electron chi connectivity index (χ1n) is 12.7. The van der Waals surface area contributed by atoms with Gasteiger partial charge in [-0.3, -0.25) is 14.4 Å². The number of amides is 3. The fourth-order valence-electron chi connectivity index (χ4n) is 4.75. The Morgan fingerprint density at radius 3 is 2.70 bits per heavy atom. The standard InChI is InChI=1S/C26H33BrN4O4S2/c1-3-4-12-37(35)29-18-6-5-11-30(15-18)26(34)21-8-7-20(13-17(21)2)31-16-19(14-24(31)32)28-25(33)22-9-10-23(27)36-22/h7-10,13,18-19,29H,3-6,11-12,14-16H2,1-2H3,(H,28,33). The molecule has 4 rings (SSSR count). The molecule has 2 aliphatic rings. The Kier molecular flexibility index (Phi) is 9.55. The molecule has 0 saturated carbocycles. The van der Waals surface area contributed by atoms with Crippen LogP contribution < -0.4 is 14.9 Å². The molecular formula is C26H33BrN4O4S2. The number of carbonyl (C=O) groups excluding carboxylic acids is 3. The van der Waals surface area contributed by atoms with Gasteiger partial charge in [-0.1, -0.05) is 13.3 Å². The van der Waals surface area contributed by atoms with Crippen molar-refractivity contribution in [2.75, 3.05) is 30.3 Å². The van der Waals surface area contributed by atoms with E-state index >= 15 is 0 Å². The molecule has 0 spiro atoms. The van der Waals surface area contributed by atoms with Gasteiger partial charge < -0.3 is 15.1 Å². The summed E-state index contributed by atoms with van der Waals surface area (Å²) in [5.74, 6) is 0.343. The first-order chi connectivity index (χ1) is 17.7. The lowest BCUT2D eigenvalue weighted by atomic mass is 10.0. The first-order valence-corrected chi connectivity index (χ1v) is 15.6. The highest BCUT2D eigenvalue weighted by atomic mass is 79.9. The Morgan fingerprint density at radius 1 is 1.19 bits per heavy atom. The van der Waals surface area contributed by atoms with Crippen molar-refractivity contribution in [2.24, 2.45) is 0 Å². The van der Waals surface area contributed by atoms with Crippen LogP contribution in [0.2, 0.25) is 0 Å². The van der Waals surface area contributed by atoms with E-state index in [-0.39, 0.29) is 36.2 Å². The van der Waals surface area contributed by atoms with E-state index in [1.165, 1.54) is 11.3 Å². The van der Waals surface area contributed by atoms with Crippen molar-refractivity contribution in [1.82, 2.24) is 14.9 Å². The van der Waals surface area contributed by atoms with Crippen LogP contribution in [0.5, 0.6) is 0 Å². The van der Waals surface area contributed by atoms with Gasteiger partial charge in [0, 0.05) is 49.1 Å². The zero-order valence-corrected chi connectivity index (χ0v) is 24.3. The third-order valence-corrected chi connectivity index (χ3v) is 9.58. The van der Waals surface area contributed by atoms with E-state index in [1.807, 2.05) is 24.0 Å². The summed E-state index contributed by atoms with van der Waals surface area (Å²) in [6.45, 7) is 5.55. The second-order valence-corrected chi connectivity index (χ2v) is 13.4. The van der Waals surface area contributed by atoms with Crippen molar-refractivity contribution < 1.29 is 18.6 Å². The summed E-state index contributed by atoms with van der Waals surface area (Å²) in [6, 6.07) is 8.79. The highest BCUT2D eigenvalue weighted by Crippen LogP contribution is 2.27. The van der Waals surface area contributed by atoms with E-state index in [0.717, 1.165) is 40.7 Å². The van der Waals surface area contributed by atoms with Gasteiger partial charge in [-0.2, -0.15) is 0 Å². The molecule has 11 heteroatoms. The van der Waals surface area contributed by atoms with Crippen LogP contribution in [0.3, 0.4) is 0 Å². The summed E-state index contributed by atoms with van der Waals surface area (Å²) >= 11 is 4.72. The predicted octanol–water partition coefficient (Wildman–Crippen LogP) is 4.01. The minimum atomic E-state index is -1.07. The van der Waals surface area contributed by atoms with E-state index in [0.29, 0.717) is 35.8 Å². The van der Waals surface area contributed by atoms with Gasteiger partial charge in [0.1, 0.15) is 0 Å². The number of nitrogens with one attached hydrogen (secondary N) is 2. The van der Waals surface area contributed by atoms with Gasteiger partial charge in [0.25, 0.3) is 11.8 Å². The summed E-state index contributed by atoms with van der Waals surface area (Å²) < 4.78 is 16.3. The topological polar surface area (TPSA) is 98.8 Å². The zero-order valence-electron chi connectivity index (χ0n) is 21.1. The first kappa shape index (κ1) is 27.9. The molecule has 2 aromatic rings. The molecule has 37 heavy (non-hydrogen) atoms. The molecule has 0 radical (unpaired) electrons. The van der Waals surface area contributed by atoms with Crippen molar-refractivity contribution in [3.8, 4) is 0 Å². The summed E-state index contributed by atoms with van der Waals surface area (Å²) in [5.41, 5.74) is 2.13. The van der Waals surface area contributed by atoms with Gasteiger partial charge in [0.15, 0.2) is 0 Å². The average molecular weight is 610 g/mol. The number of thiophene rings is 1. The van der Waals surface area contributed by atoms with Gasteiger partial charge in [-0.25, -0.2) is 8.93 Å². The maximum absolute atomic E-state index is 13.3. The Balaban J connectivity index is 1.37. The van der Waals surface area contributed by atoms with Gasteiger partial charge in [0.05, 0.1) is 25.7 Å². The van der Waals surface area contributed by atoms with Crippen molar-refractivity contribution in [3.63, 3.8) is 0 Å². The van der Waals surface area contributed by atoms with E-state index < -0.39 is 11.0 Å². The summed E-state index contributed by atoms with van der Waals surface area (Å²) in [6.07, 6.45) is 3.92. The minimum absolute atomic E-state index is 0.0274. The molecule has 3 unspecified atom stereocenters. The number of carbonyl (C=O) groups is 3. The van der Waals surface area contributed by atoms with E-state index in [4.69, 9.17) is 0 Å². The minimum Gasteiger partial charge on any atom is -0.346 e. The van der Waals surface area contributed by atoms with Gasteiger partial charge >= 0.3 is 0 Å². The number of nitrogens with zero attached hydrogens (tertiary/aromatic N) is 2. The van der Waals surface area contributed by atoms with Crippen LogP contribution in [0.25, 0.3) is 0 Å². The molecule has 1 aromatic carbocycles. The van der Waals surface area contributed by atoms with E-state index in [1.54, 1.807) is 23.1 Å². The van der Waals surface area contributed by atoms with Crippen molar-refractivity contribution in [1.29, 1.82) is 0 Å². The van der Waals surface area contributed by atoms with E-state index in [2.05, 4.69) is 32.9 Å². The molecule has 0 aliphatic carbocycles. The number of rotatable bonds is 9. The fraction of sp³-hybridized carbons (Fsp3) is 0.500. The Morgan fingerprint density at radius 2 is 2.00 bits per heavy atom. The van der Waals surface area contributed by atoms with Crippen LogP contribution in [0.1, 0.15) is 64.6 Å². The summed E-state index contributed by atoms with van der Waals surface area (Å²) in [5, 5.41) is 2.95. The number of aryl methyl sites for hydroxylation is 1. The normalized spacial score (nSPS) is 20.8. The molecule has 8 nitrogen and oxygen atoms in total. The Bertz CT molecular complexity index is 1190. The maximum Gasteiger partial charge on any atom is 0.261 e. The van der Waals surface area contributed by atoms with Crippen LogP contribution in [-0.2, 0) is 15.8 Å². The molecule has 2 fully saturated rings. The number of anilines is 1. The predicted molar refractivity (Wildman–Crippen MR) is 151 cm³/mol. The van der Waals surface area contributed by atoms with Crippen molar-refractivity contribution in [3.05, 3.63) is 50.1 Å². The van der Waals surface area contributed by atoms with Crippen LogP contribution in [0.4, 0.5) is 5.69 Å². The smallest absolute Gasteiger partial charge is 0.261 e. The number of piperidine rings is 1. The van der Waals surface area contributed by atoms with Gasteiger partial charge in [0.2, 0.25) is 5.91 Å². The van der Waals surface area contributed by atoms with Crippen LogP contribution in [-0.4, -0.2) is 64.3 Å². The third-order valence-electron chi connectivity index (χ3n) is 6.70. The highest BCUT2D eigenvalue weighted by Gasteiger charge is 2.33. The molecule has 3 amide bonds. The third kappa shape index (κ3) is 7.07. The number of hydrogen-bond donors (Lipinski definition) is 2. The summed E-state index contributed by atoms with van der Waals surface area (Å²) in [4.78, 5) is 42.7. The van der Waals surface area contributed by atoms with Gasteiger partial charge in [-0.05, 0) is 78.0 Å². The number of likely N-dealkylation sites (tertiary alicyclic amines) is 1. The number of benzene rings is 1. The SMILES string of the molecule is CCCCS(=O)NC1CCCN(C(=O)c2ccc(N3CC(NC(=O)c4ccc(Br)s4)CC3=O)cc2C)C1. The lowest BCUT2D eigenvalue weighted by Gasteiger charge is -2.33. The number of hydrogen-bond acceptors (Lipinski definition) is 5. The fourth-order valence-corrected chi connectivity index (χ4v) is 7.27.